The van der Waals surface area contributed by atoms with Crippen LogP contribution in [0.2, 0.25) is 5.02 Å². The first-order valence-corrected chi connectivity index (χ1v) is 5.94. The summed E-state index contributed by atoms with van der Waals surface area (Å²) in [4.78, 5) is 11.9. The number of esters is 1. The third kappa shape index (κ3) is 3.12. The van der Waals surface area contributed by atoms with Crippen LogP contribution in [0.15, 0.2) is 28.8 Å². The summed E-state index contributed by atoms with van der Waals surface area (Å²) in [5, 5.41) is 3.76. The van der Waals surface area contributed by atoms with Gasteiger partial charge >= 0.3 is 5.97 Å². The number of carbonyl (C=O) groups is 1. The van der Waals surface area contributed by atoms with Crippen LogP contribution in [0, 0.1) is 12.7 Å². The van der Waals surface area contributed by atoms with Crippen molar-refractivity contribution in [1.82, 2.24) is 5.16 Å². The largest absolute Gasteiger partial charge is 0.452 e. The van der Waals surface area contributed by atoms with E-state index in [2.05, 4.69) is 5.16 Å². The number of nitrogens with zero attached hydrogens (tertiary/aromatic N) is 1. The average molecular weight is 284 g/mol. The molecule has 6 heteroatoms. The van der Waals surface area contributed by atoms with E-state index in [-0.39, 0.29) is 10.6 Å². The molecule has 1 aromatic heterocycles. The summed E-state index contributed by atoms with van der Waals surface area (Å²) >= 11 is 5.78. The van der Waals surface area contributed by atoms with E-state index in [1.165, 1.54) is 6.07 Å². The second kappa shape index (κ2) is 5.40. The quantitative estimate of drug-likeness (QED) is 0.806. The number of hydrogen-bond donors (Lipinski definition) is 0. The molecular weight excluding hydrogens is 273 g/mol. The van der Waals surface area contributed by atoms with Gasteiger partial charge in [-0.05, 0) is 32.0 Å². The molecule has 0 saturated carbocycles. The molecule has 4 nitrogen and oxygen atoms in total. The molecule has 0 bridgehead atoms. The van der Waals surface area contributed by atoms with Gasteiger partial charge in [0, 0.05) is 6.07 Å². The highest BCUT2D eigenvalue weighted by atomic mass is 35.5. The molecule has 0 saturated heterocycles. The van der Waals surface area contributed by atoms with Gasteiger partial charge < -0.3 is 9.26 Å². The Hall–Kier alpha value is -1.88. The van der Waals surface area contributed by atoms with Gasteiger partial charge in [-0.1, -0.05) is 16.8 Å². The fourth-order valence-corrected chi connectivity index (χ4v) is 1.76. The molecule has 0 fully saturated rings. The molecule has 1 aromatic carbocycles. The molecule has 2 aromatic rings. The van der Waals surface area contributed by atoms with Crippen LogP contribution in [0.3, 0.4) is 0 Å². The lowest BCUT2D eigenvalue weighted by Crippen LogP contribution is -2.10. The first kappa shape index (κ1) is 13.5. The Bertz CT molecular complexity index is 612. The van der Waals surface area contributed by atoms with E-state index in [0.717, 1.165) is 12.1 Å². The Labute approximate surface area is 114 Å². The lowest BCUT2D eigenvalue weighted by atomic mass is 10.2. The standard InChI is InChI=1S/C13H11ClFNO3/c1-7-5-12(16-19-7)8(2)18-13(17)10-4-3-9(15)6-11(10)14/h3-6,8H,1-2H3. The van der Waals surface area contributed by atoms with E-state index in [4.69, 9.17) is 20.9 Å². The van der Waals surface area contributed by atoms with E-state index in [9.17, 15) is 9.18 Å². The summed E-state index contributed by atoms with van der Waals surface area (Å²) < 4.78 is 23.0. The third-order valence-corrected chi connectivity index (χ3v) is 2.81. The van der Waals surface area contributed by atoms with Crippen LogP contribution in [-0.2, 0) is 4.74 Å². The topological polar surface area (TPSA) is 52.3 Å². The van der Waals surface area contributed by atoms with Crippen LogP contribution in [0.5, 0.6) is 0 Å². The van der Waals surface area contributed by atoms with Crippen molar-refractivity contribution in [3.05, 3.63) is 52.1 Å². The normalized spacial score (nSPS) is 12.2. The molecule has 0 N–H and O–H groups in total. The number of benzene rings is 1. The average Bonchev–Trinajstić information content (AvgIpc) is 2.75. The Morgan fingerprint density at radius 3 is 2.79 bits per heavy atom. The molecule has 2 rings (SSSR count). The smallest absolute Gasteiger partial charge is 0.340 e. The molecule has 19 heavy (non-hydrogen) atoms. The van der Waals surface area contributed by atoms with Gasteiger partial charge in [-0.25, -0.2) is 9.18 Å². The molecule has 1 atom stereocenters. The van der Waals surface area contributed by atoms with Gasteiger partial charge in [0.05, 0.1) is 10.6 Å². The van der Waals surface area contributed by atoms with Gasteiger partial charge in [-0.2, -0.15) is 0 Å². The number of halogens is 2. The molecule has 100 valence electrons. The zero-order chi connectivity index (χ0) is 14.0. The van der Waals surface area contributed by atoms with Gasteiger partial charge in [-0.3, -0.25) is 0 Å². The van der Waals surface area contributed by atoms with Gasteiger partial charge in [0.2, 0.25) is 0 Å². The summed E-state index contributed by atoms with van der Waals surface area (Å²) in [6.45, 7) is 3.40. The summed E-state index contributed by atoms with van der Waals surface area (Å²) in [6, 6.07) is 5.15. The predicted molar refractivity (Wildman–Crippen MR) is 66.5 cm³/mol. The van der Waals surface area contributed by atoms with Crippen LogP contribution in [0.25, 0.3) is 0 Å². The highest BCUT2D eigenvalue weighted by Crippen LogP contribution is 2.22. The Kier molecular flexibility index (Phi) is 3.85. The Balaban J connectivity index is 2.12. The number of aryl methyl sites for hydroxylation is 1. The maximum Gasteiger partial charge on any atom is 0.340 e. The monoisotopic (exact) mass is 283 g/mol. The number of ether oxygens (including phenoxy) is 1. The number of aromatic nitrogens is 1. The van der Waals surface area contributed by atoms with Crippen LogP contribution >= 0.6 is 11.6 Å². The lowest BCUT2D eigenvalue weighted by Gasteiger charge is -2.11. The van der Waals surface area contributed by atoms with E-state index in [1.54, 1.807) is 19.9 Å². The molecule has 0 spiro atoms. The molecule has 0 aliphatic heterocycles. The molecule has 0 radical (unpaired) electrons. The maximum absolute atomic E-state index is 12.9. The van der Waals surface area contributed by atoms with Gasteiger partial charge in [0.1, 0.15) is 23.4 Å². The summed E-state index contributed by atoms with van der Waals surface area (Å²) in [6.07, 6.45) is -0.578. The van der Waals surface area contributed by atoms with Crippen LogP contribution in [0.4, 0.5) is 4.39 Å². The first-order valence-electron chi connectivity index (χ1n) is 5.56. The summed E-state index contributed by atoms with van der Waals surface area (Å²) in [5.74, 6) is -0.530. The molecule has 1 heterocycles. The van der Waals surface area contributed by atoms with Crippen molar-refractivity contribution in [1.29, 1.82) is 0 Å². The SMILES string of the molecule is Cc1cc(C(C)OC(=O)c2ccc(F)cc2Cl)no1. The highest BCUT2D eigenvalue weighted by Gasteiger charge is 2.19. The fraction of sp³-hybridized carbons (Fsp3) is 0.231. The minimum Gasteiger partial charge on any atom is -0.452 e. The predicted octanol–water partition coefficient (Wildman–Crippen LogP) is 3.69. The fourth-order valence-electron chi connectivity index (χ4n) is 1.52. The van der Waals surface area contributed by atoms with Crippen molar-refractivity contribution in [2.45, 2.75) is 20.0 Å². The van der Waals surface area contributed by atoms with Crippen LogP contribution in [0.1, 0.15) is 34.8 Å². The molecular formula is C13H11ClFNO3. The zero-order valence-electron chi connectivity index (χ0n) is 10.3. The van der Waals surface area contributed by atoms with E-state index in [1.807, 2.05) is 0 Å². The van der Waals surface area contributed by atoms with Crippen molar-refractivity contribution in [2.24, 2.45) is 0 Å². The van der Waals surface area contributed by atoms with E-state index >= 15 is 0 Å². The van der Waals surface area contributed by atoms with Crippen molar-refractivity contribution in [3.8, 4) is 0 Å². The van der Waals surface area contributed by atoms with Crippen LogP contribution < -0.4 is 0 Å². The minimum absolute atomic E-state index is 0.00790. The lowest BCUT2D eigenvalue weighted by molar-refractivity contribution is 0.0323. The second-order valence-electron chi connectivity index (χ2n) is 4.03. The van der Waals surface area contributed by atoms with E-state index < -0.39 is 17.9 Å². The molecule has 0 aliphatic rings. The number of carbonyl (C=O) groups excluding carboxylic acids is 1. The van der Waals surface area contributed by atoms with Gasteiger partial charge in [0.25, 0.3) is 0 Å². The van der Waals surface area contributed by atoms with Crippen molar-refractivity contribution < 1.29 is 18.4 Å². The number of hydrogen-bond acceptors (Lipinski definition) is 4. The molecule has 0 amide bonds. The van der Waals surface area contributed by atoms with Crippen LogP contribution in [-0.4, -0.2) is 11.1 Å². The first-order chi connectivity index (χ1) is 8.97. The van der Waals surface area contributed by atoms with E-state index in [0.29, 0.717) is 11.5 Å². The van der Waals surface area contributed by atoms with Gasteiger partial charge in [0.15, 0.2) is 0 Å². The second-order valence-corrected chi connectivity index (χ2v) is 4.44. The Morgan fingerprint density at radius 2 is 2.21 bits per heavy atom. The van der Waals surface area contributed by atoms with Crippen molar-refractivity contribution in [3.63, 3.8) is 0 Å². The maximum atomic E-state index is 12.9. The highest BCUT2D eigenvalue weighted by molar-refractivity contribution is 6.33. The summed E-state index contributed by atoms with van der Waals surface area (Å²) in [7, 11) is 0. The van der Waals surface area contributed by atoms with Crippen molar-refractivity contribution in [2.75, 3.05) is 0 Å². The van der Waals surface area contributed by atoms with Crippen molar-refractivity contribution >= 4 is 17.6 Å². The third-order valence-electron chi connectivity index (χ3n) is 2.50. The molecule has 1 unspecified atom stereocenters. The number of rotatable bonds is 3. The summed E-state index contributed by atoms with van der Waals surface area (Å²) in [5.41, 5.74) is 0.610. The molecule has 0 aliphatic carbocycles. The minimum atomic E-state index is -0.641. The Morgan fingerprint density at radius 1 is 1.47 bits per heavy atom. The van der Waals surface area contributed by atoms with Gasteiger partial charge in [-0.15, -0.1) is 0 Å². The zero-order valence-corrected chi connectivity index (χ0v) is 11.1.